The number of carbonyl (C=O) groups excluding carboxylic acids is 1. The molecule has 0 aromatic heterocycles. The predicted octanol–water partition coefficient (Wildman–Crippen LogP) is 1.25. The molecule has 2 N–H and O–H groups in total. The first-order chi connectivity index (χ1) is 10.7. The van der Waals surface area contributed by atoms with Gasteiger partial charge in [0, 0.05) is 26.2 Å². The second kappa shape index (κ2) is 8.37. The van der Waals surface area contributed by atoms with Crippen LogP contribution in [0.15, 0.2) is 24.3 Å². The largest absolute Gasteiger partial charge is 0.379 e. The Morgan fingerprint density at radius 1 is 1.36 bits per heavy atom. The number of carbonyl (C=O) groups is 1. The number of morpholine rings is 1. The SMILES string of the molecule is C[C@@H](NC(=O)NCCN1CCOCC1)c1ccc(C#N)cc1. The minimum atomic E-state index is -0.176. The summed E-state index contributed by atoms with van der Waals surface area (Å²) < 4.78 is 5.28. The van der Waals surface area contributed by atoms with Crippen molar-refractivity contribution >= 4 is 6.03 Å². The zero-order chi connectivity index (χ0) is 15.8. The summed E-state index contributed by atoms with van der Waals surface area (Å²) in [7, 11) is 0. The van der Waals surface area contributed by atoms with Gasteiger partial charge in [-0.05, 0) is 24.6 Å². The van der Waals surface area contributed by atoms with Crippen molar-refractivity contribution in [3.8, 4) is 6.07 Å². The molecule has 0 saturated carbocycles. The predicted molar refractivity (Wildman–Crippen MR) is 83.4 cm³/mol. The van der Waals surface area contributed by atoms with E-state index in [0.29, 0.717) is 12.1 Å². The van der Waals surface area contributed by atoms with Gasteiger partial charge in [0.1, 0.15) is 0 Å². The Balaban J connectivity index is 1.70. The second-order valence-corrected chi connectivity index (χ2v) is 5.31. The minimum Gasteiger partial charge on any atom is -0.379 e. The monoisotopic (exact) mass is 302 g/mol. The van der Waals surface area contributed by atoms with E-state index < -0.39 is 0 Å². The fourth-order valence-electron chi connectivity index (χ4n) is 2.33. The fraction of sp³-hybridized carbons (Fsp3) is 0.500. The summed E-state index contributed by atoms with van der Waals surface area (Å²) in [6.45, 7) is 6.75. The number of nitrogens with one attached hydrogen (secondary N) is 2. The molecule has 6 nitrogen and oxygen atoms in total. The average molecular weight is 302 g/mol. The highest BCUT2D eigenvalue weighted by atomic mass is 16.5. The van der Waals surface area contributed by atoms with Crippen molar-refractivity contribution in [3.63, 3.8) is 0 Å². The van der Waals surface area contributed by atoms with Crippen molar-refractivity contribution in [1.29, 1.82) is 5.26 Å². The van der Waals surface area contributed by atoms with Gasteiger partial charge in [0.15, 0.2) is 0 Å². The van der Waals surface area contributed by atoms with Crippen LogP contribution >= 0.6 is 0 Å². The molecular formula is C16H22N4O2. The Labute approximate surface area is 131 Å². The standard InChI is InChI=1S/C16H22N4O2/c1-13(15-4-2-14(12-17)3-5-15)19-16(21)18-6-7-20-8-10-22-11-9-20/h2-5,13H,6-11H2,1H3,(H2,18,19,21)/t13-/m1/s1. The lowest BCUT2D eigenvalue weighted by molar-refractivity contribution is 0.0387. The minimum absolute atomic E-state index is 0.101. The molecule has 1 atom stereocenters. The van der Waals surface area contributed by atoms with Crippen LogP contribution in [0.4, 0.5) is 4.79 Å². The Morgan fingerprint density at radius 2 is 2.05 bits per heavy atom. The molecule has 6 heteroatoms. The highest BCUT2D eigenvalue weighted by Crippen LogP contribution is 2.12. The highest BCUT2D eigenvalue weighted by Gasteiger charge is 2.12. The molecule has 0 bridgehead atoms. The molecule has 1 aromatic rings. The summed E-state index contributed by atoms with van der Waals surface area (Å²) in [6.07, 6.45) is 0. The number of hydrogen-bond donors (Lipinski definition) is 2. The van der Waals surface area contributed by atoms with E-state index in [0.717, 1.165) is 38.4 Å². The van der Waals surface area contributed by atoms with Gasteiger partial charge in [0.25, 0.3) is 0 Å². The molecule has 1 aliphatic heterocycles. The van der Waals surface area contributed by atoms with Gasteiger partial charge in [0.05, 0.1) is 30.9 Å². The lowest BCUT2D eigenvalue weighted by Crippen LogP contribution is -2.44. The van der Waals surface area contributed by atoms with Crippen LogP contribution in [0.5, 0.6) is 0 Å². The topological polar surface area (TPSA) is 77.4 Å². The summed E-state index contributed by atoms with van der Waals surface area (Å²) in [5, 5.41) is 14.5. The van der Waals surface area contributed by atoms with E-state index in [1.165, 1.54) is 0 Å². The Kier molecular flexibility index (Phi) is 6.19. The zero-order valence-electron chi connectivity index (χ0n) is 12.8. The number of amides is 2. The van der Waals surface area contributed by atoms with E-state index in [1.54, 1.807) is 12.1 Å². The van der Waals surface area contributed by atoms with Crippen molar-refractivity contribution in [2.75, 3.05) is 39.4 Å². The second-order valence-electron chi connectivity index (χ2n) is 5.31. The van der Waals surface area contributed by atoms with Crippen LogP contribution in [0.1, 0.15) is 24.1 Å². The molecule has 118 valence electrons. The maximum absolute atomic E-state index is 11.9. The van der Waals surface area contributed by atoms with E-state index in [9.17, 15) is 4.79 Å². The molecule has 0 radical (unpaired) electrons. The molecule has 0 aliphatic carbocycles. The Morgan fingerprint density at radius 3 is 2.68 bits per heavy atom. The maximum atomic E-state index is 11.9. The van der Waals surface area contributed by atoms with Crippen LogP contribution in [0, 0.1) is 11.3 Å². The van der Waals surface area contributed by atoms with Gasteiger partial charge < -0.3 is 15.4 Å². The lowest BCUT2D eigenvalue weighted by Gasteiger charge is -2.26. The molecule has 2 rings (SSSR count). The van der Waals surface area contributed by atoms with Gasteiger partial charge in [-0.3, -0.25) is 4.90 Å². The summed E-state index contributed by atoms with van der Waals surface area (Å²) >= 11 is 0. The van der Waals surface area contributed by atoms with Crippen LogP contribution in [0.25, 0.3) is 0 Å². The van der Waals surface area contributed by atoms with Crippen molar-refractivity contribution in [2.24, 2.45) is 0 Å². The average Bonchev–Trinajstić information content (AvgIpc) is 2.56. The lowest BCUT2D eigenvalue weighted by atomic mass is 10.1. The third kappa shape index (κ3) is 5.02. The molecule has 0 unspecified atom stereocenters. The van der Waals surface area contributed by atoms with E-state index in [4.69, 9.17) is 10.00 Å². The zero-order valence-corrected chi connectivity index (χ0v) is 12.8. The maximum Gasteiger partial charge on any atom is 0.315 e. The third-order valence-electron chi connectivity index (χ3n) is 3.70. The summed E-state index contributed by atoms with van der Waals surface area (Å²) in [6, 6.07) is 9.03. The van der Waals surface area contributed by atoms with Crippen LogP contribution in [0.3, 0.4) is 0 Å². The van der Waals surface area contributed by atoms with Crippen LogP contribution in [-0.4, -0.2) is 50.3 Å². The fourth-order valence-corrected chi connectivity index (χ4v) is 2.33. The molecule has 1 fully saturated rings. The van der Waals surface area contributed by atoms with Crippen LogP contribution in [0.2, 0.25) is 0 Å². The Hall–Kier alpha value is -2.10. The normalized spacial score (nSPS) is 16.5. The summed E-state index contributed by atoms with van der Waals surface area (Å²) in [5.41, 5.74) is 1.59. The first kappa shape index (κ1) is 16.3. The molecule has 1 aromatic carbocycles. The molecule has 22 heavy (non-hydrogen) atoms. The number of benzene rings is 1. The summed E-state index contributed by atoms with van der Waals surface area (Å²) in [5.74, 6) is 0. The van der Waals surface area contributed by atoms with E-state index in [2.05, 4.69) is 21.6 Å². The quantitative estimate of drug-likeness (QED) is 0.858. The van der Waals surface area contributed by atoms with Gasteiger partial charge in [-0.25, -0.2) is 4.79 Å². The molecule has 1 aliphatic rings. The van der Waals surface area contributed by atoms with Crippen molar-refractivity contribution in [3.05, 3.63) is 35.4 Å². The molecule has 2 amide bonds. The van der Waals surface area contributed by atoms with Gasteiger partial charge in [0.2, 0.25) is 0 Å². The van der Waals surface area contributed by atoms with Crippen LogP contribution in [-0.2, 0) is 4.74 Å². The third-order valence-corrected chi connectivity index (χ3v) is 3.70. The molecule has 1 heterocycles. The molecule has 0 spiro atoms. The van der Waals surface area contributed by atoms with Gasteiger partial charge in [-0.1, -0.05) is 12.1 Å². The number of ether oxygens (including phenoxy) is 1. The molecular weight excluding hydrogens is 280 g/mol. The number of urea groups is 1. The highest BCUT2D eigenvalue weighted by molar-refractivity contribution is 5.74. The first-order valence-electron chi connectivity index (χ1n) is 7.53. The van der Waals surface area contributed by atoms with E-state index in [1.807, 2.05) is 19.1 Å². The molecule has 1 saturated heterocycles. The number of hydrogen-bond acceptors (Lipinski definition) is 4. The summed E-state index contributed by atoms with van der Waals surface area (Å²) in [4.78, 5) is 14.1. The first-order valence-corrected chi connectivity index (χ1v) is 7.53. The number of nitrogens with zero attached hydrogens (tertiary/aromatic N) is 2. The van der Waals surface area contributed by atoms with E-state index in [-0.39, 0.29) is 12.1 Å². The van der Waals surface area contributed by atoms with E-state index >= 15 is 0 Å². The van der Waals surface area contributed by atoms with Crippen molar-refractivity contribution in [1.82, 2.24) is 15.5 Å². The Bertz CT molecular complexity index is 518. The van der Waals surface area contributed by atoms with Crippen molar-refractivity contribution < 1.29 is 9.53 Å². The van der Waals surface area contributed by atoms with Gasteiger partial charge in [-0.2, -0.15) is 5.26 Å². The van der Waals surface area contributed by atoms with Gasteiger partial charge in [-0.15, -0.1) is 0 Å². The number of rotatable bonds is 5. The van der Waals surface area contributed by atoms with Crippen molar-refractivity contribution in [2.45, 2.75) is 13.0 Å². The smallest absolute Gasteiger partial charge is 0.315 e. The van der Waals surface area contributed by atoms with Crippen LogP contribution < -0.4 is 10.6 Å². The van der Waals surface area contributed by atoms with Gasteiger partial charge >= 0.3 is 6.03 Å². The number of nitriles is 1.